The van der Waals surface area contributed by atoms with Gasteiger partial charge in [0.15, 0.2) is 5.92 Å². The minimum absolute atomic E-state index is 0.234. The highest BCUT2D eigenvalue weighted by molar-refractivity contribution is 6.32. The van der Waals surface area contributed by atoms with Crippen LogP contribution in [0.3, 0.4) is 0 Å². The van der Waals surface area contributed by atoms with E-state index in [0.717, 1.165) is 21.9 Å². The maximum absolute atomic E-state index is 12.9. The second-order valence-corrected chi connectivity index (χ2v) is 6.89. The second kappa shape index (κ2) is 8.68. The molecule has 0 unspecified atom stereocenters. The van der Waals surface area contributed by atoms with Crippen LogP contribution in [0.15, 0.2) is 71.8 Å². The first-order valence-electron chi connectivity index (χ1n) is 9.63. The molecule has 0 aliphatic carbocycles. The first-order chi connectivity index (χ1) is 15.5. The molecule has 1 saturated heterocycles. The molecule has 160 valence electrons. The van der Waals surface area contributed by atoms with Gasteiger partial charge in [0.05, 0.1) is 12.8 Å². The summed E-state index contributed by atoms with van der Waals surface area (Å²) in [4.78, 5) is 50.8. The summed E-state index contributed by atoms with van der Waals surface area (Å²) in [7, 11) is 1.45. The average Bonchev–Trinajstić information content (AvgIpc) is 2.80. The number of imide groups is 2. The molecule has 1 fully saturated rings. The van der Waals surface area contributed by atoms with Gasteiger partial charge in [-0.3, -0.25) is 19.7 Å². The summed E-state index contributed by atoms with van der Waals surface area (Å²) >= 11 is 0. The summed E-state index contributed by atoms with van der Waals surface area (Å²) < 4.78 is 5.12. The summed E-state index contributed by atoms with van der Waals surface area (Å²) in [5.74, 6) is -3.08. The lowest BCUT2D eigenvalue weighted by molar-refractivity contribution is -0.131. The molecule has 3 aromatic rings. The number of methoxy groups -OCH3 is 1. The summed E-state index contributed by atoms with van der Waals surface area (Å²) in [6, 6.07) is 18.1. The molecular formula is C23H18N4O5. The number of amides is 5. The first-order valence-corrected chi connectivity index (χ1v) is 9.63. The monoisotopic (exact) mass is 430 g/mol. The van der Waals surface area contributed by atoms with Crippen LogP contribution in [0.1, 0.15) is 10.4 Å². The number of fused-ring (bicyclic) bond motifs is 1. The Morgan fingerprint density at radius 2 is 1.81 bits per heavy atom. The molecule has 1 aliphatic rings. The molecule has 9 nitrogen and oxygen atoms in total. The number of rotatable bonds is 5. The number of anilines is 1. The average molecular weight is 430 g/mol. The number of carbonyl (C=O) groups is 4. The fourth-order valence-corrected chi connectivity index (χ4v) is 3.37. The second-order valence-electron chi connectivity index (χ2n) is 6.89. The van der Waals surface area contributed by atoms with Crippen LogP contribution in [0.25, 0.3) is 10.8 Å². The molecule has 1 heterocycles. The third kappa shape index (κ3) is 3.91. The number of ether oxygens (including phenoxy) is 1. The number of nitrogens with zero attached hydrogens (tertiary/aromatic N) is 2. The molecule has 9 heteroatoms. The molecule has 4 rings (SSSR count). The molecular weight excluding hydrogens is 412 g/mol. The molecule has 1 aliphatic heterocycles. The van der Waals surface area contributed by atoms with Crippen molar-refractivity contribution in [1.29, 1.82) is 0 Å². The van der Waals surface area contributed by atoms with Crippen LogP contribution in [0.4, 0.5) is 10.5 Å². The molecule has 0 spiro atoms. The van der Waals surface area contributed by atoms with Crippen LogP contribution in [0.2, 0.25) is 0 Å². The largest absolute Gasteiger partial charge is 0.497 e. The SMILES string of the molecule is COc1cccc(N2C(=O)NC(=O)[C@H](/C=N\NC(=O)c3cccc4ccccc34)C2=O)c1. The summed E-state index contributed by atoms with van der Waals surface area (Å²) in [6.45, 7) is 0. The van der Waals surface area contributed by atoms with Gasteiger partial charge < -0.3 is 4.74 Å². The van der Waals surface area contributed by atoms with Crippen LogP contribution >= 0.6 is 0 Å². The minimum Gasteiger partial charge on any atom is -0.497 e. The summed E-state index contributed by atoms with van der Waals surface area (Å²) in [6.07, 6.45) is 1.00. The Morgan fingerprint density at radius 3 is 2.62 bits per heavy atom. The van der Waals surface area contributed by atoms with Crippen molar-refractivity contribution in [2.75, 3.05) is 12.0 Å². The van der Waals surface area contributed by atoms with E-state index in [1.54, 1.807) is 24.3 Å². The molecule has 2 N–H and O–H groups in total. The van der Waals surface area contributed by atoms with Gasteiger partial charge in [-0.15, -0.1) is 0 Å². The van der Waals surface area contributed by atoms with Gasteiger partial charge in [-0.1, -0.05) is 42.5 Å². The predicted molar refractivity (Wildman–Crippen MR) is 117 cm³/mol. The van der Waals surface area contributed by atoms with E-state index in [1.165, 1.54) is 19.2 Å². The van der Waals surface area contributed by atoms with E-state index in [9.17, 15) is 19.2 Å². The molecule has 0 aromatic heterocycles. The number of hydrogen-bond donors (Lipinski definition) is 2. The van der Waals surface area contributed by atoms with Gasteiger partial charge in [-0.25, -0.2) is 15.1 Å². The number of carbonyl (C=O) groups excluding carboxylic acids is 4. The van der Waals surface area contributed by atoms with Gasteiger partial charge in [0, 0.05) is 17.8 Å². The highest BCUT2D eigenvalue weighted by Gasteiger charge is 2.40. The number of benzene rings is 3. The molecule has 0 saturated carbocycles. The number of nitrogens with one attached hydrogen (secondary N) is 2. The van der Waals surface area contributed by atoms with Crippen molar-refractivity contribution in [2.45, 2.75) is 0 Å². The Balaban J connectivity index is 1.53. The minimum atomic E-state index is -1.40. The predicted octanol–water partition coefficient (Wildman–Crippen LogP) is 2.46. The number of urea groups is 1. The van der Waals surface area contributed by atoms with E-state index in [4.69, 9.17) is 4.74 Å². The maximum Gasteiger partial charge on any atom is 0.335 e. The van der Waals surface area contributed by atoms with E-state index < -0.39 is 29.7 Å². The van der Waals surface area contributed by atoms with Crippen molar-refractivity contribution < 1.29 is 23.9 Å². The zero-order valence-corrected chi connectivity index (χ0v) is 16.9. The number of barbiturate groups is 1. The van der Waals surface area contributed by atoms with Crippen molar-refractivity contribution in [3.63, 3.8) is 0 Å². The lowest BCUT2D eigenvalue weighted by Crippen LogP contribution is -2.58. The standard InChI is InChI=1S/C23H18N4O5/c1-32-16-9-5-8-15(12-16)27-22(30)19(20(28)25-23(27)31)13-24-26-21(29)18-11-4-7-14-6-2-3-10-17(14)18/h2-13,19H,1H3,(H,26,29)(H,25,28,31)/b24-13-/t19-/m0/s1. The van der Waals surface area contributed by atoms with Crippen molar-refractivity contribution in [1.82, 2.24) is 10.7 Å². The van der Waals surface area contributed by atoms with Gasteiger partial charge in [0.1, 0.15) is 5.75 Å². The summed E-state index contributed by atoms with van der Waals surface area (Å²) in [5.41, 5.74) is 2.97. The van der Waals surface area contributed by atoms with Crippen LogP contribution in [0.5, 0.6) is 5.75 Å². The lowest BCUT2D eigenvalue weighted by Gasteiger charge is -2.28. The third-order valence-electron chi connectivity index (χ3n) is 4.94. The van der Waals surface area contributed by atoms with Crippen molar-refractivity contribution in [3.8, 4) is 5.75 Å². The van der Waals surface area contributed by atoms with E-state index >= 15 is 0 Å². The Bertz CT molecular complexity index is 1260. The quantitative estimate of drug-likeness (QED) is 0.366. The molecule has 32 heavy (non-hydrogen) atoms. The lowest BCUT2D eigenvalue weighted by atomic mass is 10.0. The topological polar surface area (TPSA) is 117 Å². The normalized spacial score (nSPS) is 16.3. The Morgan fingerprint density at radius 1 is 1.06 bits per heavy atom. The zero-order valence-electron chi connectivity index (χ0n) is 16.9. The van der Waals surface area contributed by atoms with E-state index in [-0.39, 0.29) is 5.69 Å². The van der Waals surface area contributed by atoms with Gasteiger partial charge in [-0.2, -0.15) is 5.10 Å². The fraction of sp³-hybridized carbons (Fsp3) is 0.0870. The first kappa shape index (κ1) is 20.7. The van der Waals surface area contributed by atoms with Crippen LogP contribution < -0.4 is 20.4 Å². The van der Waals surface area contributed by atoms with Crippen molar-refractivity contribution >= 4 is 46.4 Å². The molecule has 0 radical (unpaired) electrons. The highest BCUT2D eigenvalue weighted by Crippen LogP contribution is 2.24. The maximum atomic E-state index is 12.9. The highest BCUT2D eigenvalue weighted by atomic mass is 16.5. The van der Waals surface area contributed by atoms with Gasteiger partial charge in [0.25, 0.3) is 11.8 Å². The Hall–Kier alpha value is -4.53. The smallest absolute Gasteiger partial charge is 0.335 e. The summed E-state index contributed by atoms with van der Waals surface area (Å²) in [5, 5.41) is 7.55. The molecule has 5 amide bonds. The van der Waals surface area contributed by atoms with E-state index in [1.807, 2.05) is 30.3 Å². The van der Waals surface area contributed by atoms with Crippen LogP contribution in [-0.4, -0.2) is 37.1 Å². The zero-order chi connectivity index (χ0) is 22.7. The molecule has 3 aromatic carbocycles. The van der Waals surface area contributed by atoms with E-state index in [2.05, 4.69) is 15.8 Å². The van der Waals surface area contributed by atoms with Crippen LogP contribution in [0, 0.1) is 5.92 Å². The van der Waals surface area contributed by atoms with Gasteiger partial charge in [-0.05, 0) is 29.0 Å². The number of hydrogen-bond acceptors (Lipinski definition) is 6. The van der Waals surface area contributed by atoms with E-state index in [0.29, 0.717) is 11.3 Å². The van der Waals surface area contributed by atoms with Gasteiger partial charge in [0.2, 0.25) is 5.91 Å². The van der Waals surface area contributed by atoms with Crippen LogP contribution in [-0.2, 0) is 9.59 Å². The number of hydrazone groups is 1. The Labute approximate surface area is 182 Å². The van der Waals surface area contributed by atoms with Gasteiger partial charge >= 0.3 is 6.03 Å². The fourth-order valence-electron chi connectivity index (χ4n) is 3.37. The van der Waals surface area contributed by atoms with Crippen molar-refractivity contribution in [3.05, 3.63) is 72.3 Å². The van der Waals surface area contributed by atoms with Crippen molar-refractivity contribution in [2.24, 2.45) is 11.0 Å². The molecule has 0 bridgehead atoms. The Kier molecular flexibility index (Phi) is 5.63. The third-order valence-corrected chi connectivity index (χ3v) is 4.94. The molecule has 1 atom stereocenters.